The molecule has 3 aromatic rings. The lowest BCUT2D eigenvalue weighted by molar-refractivity contribution is 0.101. The monoisotopic (exact) mass is 491 g/mol. The Morgan fingerprint density at radius 1 is 0.973 bits per heavy atom. The van der Waals surface area contributed by atoms with Gasteiger partial charge < -0.3 is 15.1 Å². The van der Waals surface area contributed by atoms with Gasteiger partial charge >= 0.3 is 0 Å². The molecule has 6 heteroatoms. The summed E-state index contributed by atoms with van der Waals surface area (Å²) < 4.78 is 0. The Balaban J connectivity index is 1.31. The number of benzene rings is 2. The summed E-state index contributed by atoms with van der Waals surface area (Å²) in [4.78, 5) is 22.0. The van der Waals surface area contributed by atoms with Crippen LogP contribution < -0.4 is 15.1 Å². The molecule has 3 fully saturated rings. The fourth-order valence-electron chi connectivity index (χ4n) is 6.57. The zero-order chi connectivity index (χ0) is 25.4. The number of piperidine rings is 1. The summed E-state index contributed by atoms with van der Waals surface area (Å²) in [6, 6.07) is 24.0. The average molecular weight is 492 g/mol. The van der Waals surface area contributed by atoms with E-state index in [1.807, 2.05) is 42.6 Å². The number of ketones is 1. The quantitative estimate of drug-likeness (QED) is 0.507. The van der Waals surface area contributed by atoms with Crippen LogP contribution in [0.3, 0.4) is 0 Å². The second-order valence-corrected chi connectivity index (χ2v) is 10.6. The molecule has 3 aliphatic rings. The molecule has 0 bridgehead atoms. The topological polar surface area (TPSA) is 72.3 Å². The Kier molecular flexibility index (Phi) is 6.40. The van der Waals surface area contributed by atoms with Gasteiger partial charge in [-0.1, -0.05) is 31.0 Å². The first-order chi connectivity index (χ1) is 18.1. The molecule has 4 atom stereocenters. The van der Waals surface area contributed by atoms with Gasteiger partial charge in [0.25, 0.3) is 0 Å². The molecule has 1 aromatic heterocycles. The van der Waals surface area contributed by atoms with Crippen LogP contribution in [0.5, 0.6) is 0 Å². The number of fused-ring (bicyclic) bond motifs is 2. The number of pyridine rings is 1. The molecule has 6 rings (SSSR count). The minimum absolute atomic E-state index is 0.0835. The third kappa shape index (κ3) is 4.60. The number of carbonyl (C=O) groups is 1. The predicted octanol–water partition coefficient (Wildman–Crippen LogP) is 5.19. The number of piperazine rings is 1. The van der Waals surface area contributed by atoms with E-state index in [9.17, 15) is 10.1 Å². The van der Waals surface area contributed by atoms with Crippen molar-refractivity contribution in [2.75, 3.05) is 22.9 Å². The van der Waals surface area contributed by atoms with Gasteiger partial charge in [-0.15, -0.1) is 0 Å². The number of hydrogen-bond acceptors (Lipinski definition) is 6. The van der Waals surface area contributed by atoms with Gasteiger partial charge in [0.15, 0.2) is 5.78 Å². The number of carbonyl (C=O) groups excluding carboxylic acids is 1. The number of aromatic nitrogens is 1. The summed E-state index contributed by atoms with van der Waals surface area (Å²) >= 11 is 0. The van der Waals surface area contributed by atoms with Crippen molar-refractivity contribution in [3.05, 3.63) is 78.0 Å². The molecule has 2 aliphatic heterocycles. The zero-order valence-corrected chi connectivity index (χ0v) is 21.3. The Hall–Kier alpha value is -3.69. The van der Waals surface area contributed by atoms with E-state index in [0.717, 1.165) is 42.0 Å². The van der Waals surface area contributed by atoms with Crippen LogP contribution in [0, 0.1) is 11.3 Å². The number of nitrogens with one attached hydrogen (secondary N) is 1. The van der Waals surface area contributed by atoms with Crippen molar-refractivity contribution in [3.63, 3.8) is 0 Å². The summed E-state index contributed by atoms with van der Waals surface area (Å²) in [5, 5.41) is 13.2. The maximum atomic E-state index is 12.0. The van der Waals surface area contributed by atoms with E-state index in [1.165, 1.54) is 31.4 Å². The van der Waals surface area contributed by atoms with Crippen LogP contribution >= 0.6 is 0 Å². The molecule has 0 spiro atoms. The lowest BCUT2D eigenvalue weighted by Gasteiger charge is -2.56. The molecule has 188 valence electrons. The van der Waals surface area contributed by atoms with Crippen LogP contribution in [-0.4, -0.2) is 48.0 Å². The molecule has 37 heavy (non-hydrogen) atoms. The first kappa shape index (κ1) is 23.7. The largest absolute Gasteiger partial charge is 0.370 e. The molecule has 0 radical (unpaired) electrons. The Morgan fingerprint density at radius 3 is 2.57 bits per heavy atom. The molecule has 0 amide bonds. The van der Waals surface area contributed by atoms with Gasteiger partial charge in [0.2, 0.25) is 0 Å². The van der Waals surface area contributed by atoms with E-state index < -0.39 is 0 Å². The van der Waals surface area contributed by atoms with E-state index in [2.05, 4.69) is 45.5 Å². The molecule has 1 N–H and O–H groups in total. The molecular formula is C31H33N5O. The van der Waals surface area contributed by atoms with Crippen molar-refractivity contribution in [3.8, 4) is 17.2 Å². The highest BCUT2D eigenvalue weighted by molar-refractivity contribution is 5.95. The van der Waals surface area contributed by atoms with E-state index >= 15 is 0 Å². The molecule has 1 aliphatic carbocycles. The first-order valence-corrected chi connectivity index (χ1v) is 13.5. The van der Waals surface area contributed by atoms with Crippen LogP contribution in [-0.2, 0) is 0 Å². The van der Waals surface area contributed by atoms with Gasteiger partial charge in [-0.05, 0) is 79.8 Å². The van der Waals surface area contributed by atoms with E-state index in [1.54, 1.807) is 6.92 Å². The fraction of sp³-hybridized carbons (Fsp3) is 0.387. The third-order valence-corrected chi connectivity index (χ3v) is 8.42. The van der Waals surface area contributed by atoms with Crippen LogP contribution in [0.25, 0.3) is 11.1 Å². The Bertz CT molecular complexity index is 1330. The molecule has 2 aromatic carbocycles. The second kappa shape index (κ2) is 9.99. The maximum Gasteiger partial charge on any atom is 0.159 e. The minimum atomic E-state index is 0.0835. The van der Waals surface area contributed by atoms with Crippen molar-refractivity contribution < 1.29 is 4.79 Å². The summed E-state index contributed by atoms with van der Waals surface area (Å²) in [7, 11) is 0. The van der Waals surface area contributed by atoms with Gasteiger partial charge in [0.05, 0.1) is 11.6 Å². The van der Waals surface area contributed by atoms with Crippen molar-refractivity contribution in [1.29, 1.82) is 5.26 Å². The lowest BCUT2D eigenvalue weighted by Crippen LogP contribution is -2.72. The standard InChI is InChI=1S/C31H33N5O/c1-21(37)23-5-4-6-24(17-23)25-13-15-33-31(18-25)36-29-8-3-2-7-27(29)34-28-20-35(16-14-30(28)36)26-11-9-22(19-32)10-12-26/h4-6,9-13,15,17-18,27-30,34H,2-3,7-8,14,16,20H2,1H3/t27-,28?,29-,30?/m1/s1. The Labute approximate surface area is 218 Å². The van der Waals surface area contributed by atoms with Crippen molar-refractivity contribution in [1.82, 2.24) is 10.3 Å². The summed E-state index contributed by atoms with van der Waals surface area (Å²) in [5.41, 5.74) is 4.78. The lowest BCUT2D eigenvalue weighted by atomic mass is 9.81. The molecule has 2 saturated heterocycles. The SMILES string of the molecule is CC(=O)c1cccc(-c2ccnc(N3C4CCN(c5ccc(C#N)cc5)CC4N[C@@H]4CCCC[C@H]43)c2)c1. The molecular weight excluding hydrogens is 458 g/mol. The van der Waals surface area contributed by atoms with Crippen molar-refractivity contribution in [2.45, 2.75) is 63.2 Å². The highest BCUT2D eigenvalue weighted by Gasteiger charge is 2.46. The molecule has 2 unspecified atom stereocenters. The number of Topliss-reactive ketones (excluding diaryl/α,β-unsaturated/α-hetero) is 1. The smallest absolute Gasteiger partial charge is 0.159 e. The summed E-state index contributed by atoms with van der Waals surface area (Å²) in [6.45, 7) is 3.53. The zero-order valence-electron chi connectivity index (χ0n) is 21.3. The van der Waals surface area contributed by atoms with E-state index in [0.29, 0.717) is 29.7 Å². The number of anilines is 2. The van der Waals surface area contributed by atoms with Gasteiger partial charge in [-0.25, -0.2) is 4.98 Å². The van der Waals surface area contributed by atoms with Crippen LogP contribution in [0.2, 0.25) is 0 Å². The number of hydrogen-bond donors (Lipinski definition) is 1. The van der Waals surface area contributed by atoms with E-state index in [-0.39, 0.29) is 5.78 Å². The molecule has 6 nitrogen and oxygen atoms in total. The second-order valence-electron chi connectivity index (χ2n) is 10.6. The van der Waals surface area contributed by atoms with Gasteiger partial charge in [0, 0.05) is 54.7 Å². The third-order valence-electron chi connectivity index (χ3n) is 8.42. The van der Waals surface area contributed by atoms with Crippen molar-refractivity contribution in [2.24, 2.45) is 0 Å². The van der Waals surface area contributed by atoms with Gasteiger partial charge in [-0.3, -0.25) is 4.79 Å². The number of nitriles is 1. The van der Waals surface area contributed by atoms with Crippen molar-refractivity contribution >= 4 is 17.3 Å². The summed E-state index contributed by atoms with van der Waals surface area (Å²) in [6.07, 6.45) is 7.88. The number of nitrogens with zero attached hydrogens (tertiary/aromatic N) is 4. The van der Waals surface area contributed by atoms with Gasteiger partial charge in [0.1, 0.15) is 5.82 Å². The fourth-order valence-corrected chi connectivity index (χ4v) is 6.57. The van der Waals surface area contributed by atoms with Crippen LogP contribution in [0.1, 0.15) is 54.9 Å². The van der Waals surface area contributed by atoms with Gasteiger partial charge in [-0.2, -0.15) is 5.26 Å². The molecule has 3 heterocycles. The Morgan fingerprint density at radius 2 is 1.76 bits per heavy atom. The summed E-state index contributed by atoms with van der Waals surface area (Å²) in [5.74, 6) is 1.13. The molecule has 1 saturated carbocycles. The van der Waals surface area contributed by atoms with Crippen LogP contribution in [0.15, 0.2) is 66.9 Å². The highest BCUT2D eigenvalue weighted by Crippen LogP contribution is 2.38. The number of rotatable bonds is 4. The average Bonchev–Trinajstić information content (AvgIpc) is 2.95. The van der Waals surface area contributed by atoms with Crippen LogP contribution in [0.4, 0.5) is 11.5 Å². The minimum Gasteiger partial charge on any atom is -0.370 e. The predicted molar refractivity (Wildman–Crippen MR) is 147 cm³/mol. The van der Waals surface area contributed by atoms with E-state index in [4.69, 9.17) is 4.98 Å². The first-order valence-electron chi connectivity index (χ1n) is 13.5. The maximum absolute atomic E-state index is 12.0. The highest BCUT2D eigenvalue weighted by atomic mass is 16.1. The normalized spacial score (nSPS) is 25.1.